The van der Waals surface area contributed by atoms with E-state index >= 15 is 0 Å². The van der Waals surface area contributed by atoms with Gasteiger partial charge in [0.15, 0.2) is 0 Å². The van der Waals surface area contributed by atoms with Crippen LogP contribution >= 0.6 is 11.8 Å². The van der Waals surface area contributed by atoms with Crippen LogP contribution < -0.4 is 0 Å². The fourth-order valence-electron chi connectivity index (χ4n) is 2.20. The highest BCUT2D eigenvalue weighted by atomic mass is 32.2. The van der Waals surface area contributed by atoms with Crippen LogP contribution in [0.4, 0.5) is 0 Å². The Morgan fingerprint density at radius 1 is 1.50 bits per heavy atom. The van der Waals surface area contributed by atoms with E-state index in [0.29, 0.717) is 5.16 Å². The molecular weight excluding hydrogens is 252 g/mol. The molecule has 1 fully saturated rings. The minimum Gasteiger partial charge on any atom is -0.468 e. The Morgan fingerprint density at radius 2 is 2.28 bits per heavy atom. The Balaban J connectivity index is 1.78. The number of carbonyl (C=O) groups excluding carboxylic acids is 1. The third-order valence-electron chi connectivity index (χ3n) is 3.24. The number of esters is 1. The molecule has 0 N–H and O–H groups in total. The first-order valence-corrected chi connectivity index (χ1v) is 7.24. The van der Waals surface area contributed by atoms with E-state index in [9.17, 15) is 4.79 Å². The van der Waals surface area contributed by atoms with Crippen molar-refractivity contribution < 1.29 is 9.53 Å². The first-order chi connectivity index (χ1) is 8.79. The fraction of sp³-hybridized carbons (Fsp3) is 0.818. The summed E-state index contributed by atoms with van der Waals surface area (Å²) >= 11 is 1.61. The van der Waals surface area contributed by atoms with Crippen LogP contribution in [0.25, 0.3) is 0 Å². The fourth-order valence-corrected chi connectivity index (χ4v) is 3.18. The summed E-state index contributed by atoms with van der Waals surface area (Å²) in [4.78, 5) is 11.2. The summed E-state index contributed by atoms with van der Waals surface area (Å²) in [6, 6.07) is 0. The third-order valence-corrected chi connectivity index (χ3v) is 4.23. The number of hydrogen-bond donors (Lipinski definition) is 0. The highest BCUT2D eigenvalue weighted by Crippen LogP contribution is 2.29. The van der Waals surface area contributed by atoms with Crippen molar-refractivity contribution in [1.82, 2.24) is 20.2 Å². The smallest absolute Gasteiger partial charge is 0.327 e. The van der Waals surface area contributed by atoms with Crippen molar-refractivity contribution in [3.63, 3.8) is 0 Å². The van der Waals surface area contributed by atoms with Crippen LogP contribution in [-0.2, 0) is 16.1 Å². The van der Waals surface area contributed by atoms with Gasteiger partial charge in [-0.15, -0.1) is 5.10 Å². The van der Waals surface area contributed by atoms with Crippen molar-refractivity contribution in [3.8, 4) is 0 Å². The van der Waals surface area contributed by atoms with Gasteiger partial charge < -0.3 is 4.74 Å². The molecule has 7 heteroatoms. The van der Waals surface area contributed by atoms with Crippen LogP contribution in [0, 0.1) is 5.92 Å². The molecule has 0 amide bonds. The summed E-state index contributed by atoms with van der Waals surface area (Å²) in [7, 11) is 1.36. The minimum absolute atomic E-state index is 0.0786. The Labute approximate surface area is 110 Å². The molecule has 6 nitrogen and oxygen atoms in total. The van der Waals surface area contributed by atoms with Crippen molar-refractivity contribution in [1.29, 1.82) is 0 Å². The van der Waals surface area contributed by atoms with Crippen LogP contribution in [0.15, 0.2) is 5.16 Å². The van der Waals surface area contributed by atoms with Crippen LogP contribution in [0.3, 0.4) is 0 Å². The zero-order valence-electron chi connectivity index (χ0n) is 10.5. The average molecular weight is 270 g/mol. The second-order valence-corrected chi connectivity index (χ2v) is 5.54. The predicted octanol–water partition coefficient (Wildman–Crippen LogP) is 1.52. The van der Waals surface area contributed by atoms with Gasteiger partial charge in [-0.25, -0.2) is 4.68 Å². The van der Waals surface area contributed by atoms with Gasteiger partial charge in [0.1, 0.15) is 6.54 Å². The predicted molar refractivity (Wildman–Crippen MR) is 67.1 cm³/mol. The molecule has 0 unspecified atom stereocenters. The van der Waals surface area contributed by atoms with Gasteiger partial charge in [-0.1, -0.05) is 37.4 Å². The van der Waals surface area contributed by atoms with Gasteiger partial charge in [-0.3, -0.25) is 4.79 Å². The monoisotopic (exact) mass is 270 g/mol. The molecule has 1 saturated carbocycles. The number of tetrazole rings is 1. The average Bonchev–Trinajstić information content (AvgIpc) is 3.01. The van der Waals surface area contributed by atoms with Gasteiger partial charge in [0, 0.05) is 5.75 Å². The normalized spacial score (nSPS) is 16.1. The number of thioether (sulfide) groups is 1. The van der Waals surface area contributed by atoms with E-state index in [-0.39, 0.29) is 12.5 Å². The molecule has 2 rings (SSSR count). The quantitative estimate of drug-likeness (QED) is 0.576. The third kappa shape index (κ3) is 3.69. The first-order valence-electron chi connectivity index (χ1n) is 6.25. The summed E-state index contributed by atoms with van der Waals surface area (Å²) in [6.45, 7) is 0.0786. The van der Waals surface area contributed by atoms with Crippen LogP contribution in [-0.4, -0.2) is 39.0 Å². The molecule has 1 aliphatic carbocycles. The molecule has 0 saturated heterocycles. The zero-order chi connectivity index (χ0) is 12.8. The Morgan fingerprint density at radius 3 is 3.00 bits per heavy atom. The Kier molecular flexibility index (Phi) is 4.98. The van der Waals surface area contributed by atoms with Crippen LogP contribution in [0.2, 0.25) is 0 Å². The van der Waals surface area contributed by atoms with E-state index in [2.05, 4.69) is 20.3 Å². The van der Waals surface area contributed by atoms with Crippen molar-refractivity contribution in [2.75, 3.05) is 12.9 Å². The molecule has 1 heterocycles. The molecule has 0 aliphatic heterocycles. The van der Waals surface area contributed by atoms with Gasteiger partial charge in [0.2, 0.25) is 5.16 Å². The van der Waals surface area contributed by atoms with Gasteiger partial charge in [-0.05, 0) is 22.8 Å². The lowest BCUT2D eigenvalue weighted by Crippen LogP contribution is -2.14. The van der Waals surface area contributed by atoms with Crippen molar-refractivity contribution in [2.24, 2.45) is 5.92 Å². The van der Waals surface area contributed by atoms with Gasteiger partial charge in [0.05, 0.1) is 7.11 Å². The summed E-state index contributed by atoms with van der Waals surface area (Å²) in [5, 5.41) is 12.0. The second-order valence-electron chi connectivity index (χ2n) is 4.48. The number of methoxy groups -OCH3 is 1. The molecule has 0 radical (unpaired) electrons. The maximum absolute atomic E-state index is 11.2. The van der Waals surface area contributed by atoms with Crippen LogP contribution in [0.5, 0.6) is 0 Å². The van der Waals surface area contributed by atoms with Gasteiger partial charge in [-0.2, -0.15) is 0 Å². The van der Waals surface area contributed by atoms with Crippen molar-refractivity contribution in [3.05, 3.63) is 0 Å². The maximum atomic E-state index is 11.2. The molecule has 0 bridgehead atoms. The number of carbonyl (C=O) groups is 1. The Bertz CT molecular complexity index is 390. The van der Waals surface area contributed by atoms with E-state index in [1.54, 1.807) is 11.8 Å². The molecule has 18 heavy (non-hydrogen) atoms. The summed E-state index contributed by atoms with van der Waals surface area (Å²) in [6.07, 6.45) is 6.65. The number of aromatic nitrogens is 4. The molecule has 1 aromatic rings. The summed E-state index contributed by atoms with van der Waals surface area (Å²) in [5.74, 6) is 1.54. The minimum atomic E-state index is -0.333. The molecule has 0 atom stereocenters. The Hall–Kier alpha value is -1.11. The molecule has 1 aliphatic rings. The highest BCUT2D eigenvalue weighted by Gasteiger charge is 2.16. The lowest BCUT2D eigenvalue weighted by atomic mass is 10.1. The van der Waals surface area contributed by atoms with Gasteiger partial charge in [0.25, 0.3) is 0 Å². The SMILES string of the molecule is COC(=O)Cn1nnnc1SCCC1CCCC1. The van der Waals surface area contributed by atoms with E-state index in [0.717, 1.165) is 11.7 Å². The number of nitrogens with zero attached hydrogens (tertiary/aromatic N) is 4. The largest absolute Gasteiger partial charge is 0.468 e. The summed E-state index contributed by atoms with van der Waals surface area (Å²) < 4.78 is 6.09. The first kappa shape index (κ1) is 13.3. The molecule has 0 spiro atoms. The number of ether oxygens (including phenoxy) is 1. The molecular formula is C11H18N4O2S. The second kappa shape index (κ2) is 6.72. The van der Waals surface area contributed by atoms with E-state index in [4.69, 9.17) is 0 Å². The molecule has 0 aromatic carbocycles. The number of rotatable bonds is 6. The highest BCUT2D eigenvalue weighted by molar-refractivity contribution is 7.99. The molecule has 1 aromatic heterocycles. The topological polar surface area (TPSA) is 69.9 Å². The lowest BCUT2D eigenvalue weighted by Gasteiger charge is -2.07. The van der Waals surface area contributed by atoms with E-state index in [1.165, 1.54) is 43.9 Å². The number of hydrogen-bond acceptors (Lipinski definition) is 6. The molecule has 100 valence electrons. The lowest BCUT2D eigenvalue weighted by molar-refractivity contribution is -0.141. The zero-order valence-corrected chi connectivity index (χ0v) is 11.4. The van der Waals surface area contributed by atoms with Crippen LogP contribution in [0.1, 0.15) is 32.1 Å². The van der Waals surface area contributed by atoms with E-state index < -0.39 is 0 Å². The standard InChI is InChI=1S/C11H18N4O2S/c1-17-10(16)8-15-11(12-13-14-15)18-7-6-9-4-2-3-5-9/h9H,2-8H2,1H3. The van der Waals surface area contributed by atoms with E-state index in [1.807, 2.05) is 0 Å². The van der Waals surface area contributed by atoms with Crippen molar-refractivity contribution >= 4 is 17.7 Å². The maximum Gasteiger partial charge on any atom is 0.327 e. The van der Waals surface area contributed by atoms with Crippen molar-refractivity contribution in [2.45, 2.75) is 43.8 Å². The van der Waals surface area contributed by atoms with Gasteiger partial charge >= 0.3 is 5.97 Å². The summed E-state index contributed by atoms with van der Waals surface area (Å²) in [5.41, 5.74) is 0.